The van der Waals surface area contributed by atoms with Gasteiger partial charge in [0.2, 0.25) is 0 Å². The van der Waals surface area contributed by atoms with Crippen molar-refractivity contribution in [2.24, 2.45) is 0 Å². The van der Waals surface area contributed by atoms with Crippen LogP contribution in [0.4, 0.5) is 0 Å². The van der Waals surface area contributed by atoms with Crippen molar-refractivity contribution in [2.45, 2.75) is 39.7 Å². The molecule has 6 nitrogen and oxygen atoms in total. The number of amides is 1. The Morgan fingerprint density at radius 1 is 1.15 bits per heavy atom. The number of ether oxygens (including phenoxy) is 2. The summed E-state index contributed by atoms with van der Waals surface area (Å²) < 4.78 is 11.3. The number of H-pyrrole nitrogens is 1. The van der Waals surface area contributed by atoms with Crippen LogP contribution in [0.3, 0.4) is 0 Å². The fourth-order valence-electron chi connectivity index (χ4n) is 4.26. The summed E-state index contributed by atoms with van der Waals surface area (Å²) in [6, 6.07) is 5.91. The van der Waals surface area contributed by atoms with Crippen LogP contribution in [-0.2, 0) is 0 Å². The minimum atomic E-state index is -0.0551. The Hall–Kier alpha value is -2.76. The van der Waals surface area contributed by atoms with Gasteiger partial charge in [0.1, 0.15) is 18.9 Å². The first-order valence-corrected chi connectivity index (χ1v) is 9.38. The molecule has 1 N–H and O–H groups in total. The Morgan fingerprint density at radius 3 is 2.59 bits per heavy atom. The molecule has 0 aliphatic carbocycles. The van der Waals surface area contributed by atoms with Crippen molar-refractivity contribution < 1.29 is 19.1 Å². The molecule has 6 heteroatoms. The number of carbonyl (C=O) groups excluding carboxylic acids is 2. The van der Waals surface area contributed by atoms with Crippen LogP contribution < -0.4 is 9.47 Å². The Balaban J connectivity index is 1.65. The molecule has 0 unspecified atom stereocenters. The number of fused-ring (bicyclic) bond motifs is 1. The van der Waals surface area contributed by atoms with Gasteiger partial charge in [0, 0.05) is 17.8 Å². The van der Waals surface area contributed by atoms with Crippen LogP contribution in [0.1, 0.15) is 63.5 Å². The maximum absolute atomic E-state index is 13.3. The predicted molar refractivity (Wildman–Crippen MR) is 101 cm³/mol. The van der Waals surface area contributed by atoms with Gasteiger partial charge < -0.3 is 19.4 Å². The van der Waals surface area contributed by atoms with Crippen LogP contribution in [0.15, 0.2) is 18.2 Å². The number of nitrogens with one attached hydrogen (secondary N) is 1. The van der Waals surface area contributed by atoms with E-state index >= 15 is 0 Å². The number of hydrogen-bond donors (Lipinski definition) is 1. The summed E-state index contributed by atoms with van der Waals surface area (Å²) >= 11 is 0. The molecule has 1 aromatic heterocycles. The van der Waals surface area contributed by atoms with E-state index in [2.05, 4.69) is 4.98 Å². The molecule has 1 aromatic carbocycles. The summed E-state index contributed by atoms with van der Waals surface area (Å²) in [5.41, 5.74) is 3.67. The van der Waals surface area contributed by atoms with Gasteiger partial charge in [0.05, 0.1) is 6.04 Å². The Morgan fingerprint density at radius 2 is 1.89 bits per heavy atom. The smallest absolute Gasteiger partial charge is 0.271 e. The molecule has 0 saturated carbocycles. The number of hydrogen-bond acceptors (Lipinski definition) is 4. The third kappa shape index (κ3) is 2.99. The third-order valence-corrected chi connectivity index (χ3v) is 5.47. The van der Waals surface area contributed by atoms with E-state index < -0.39 is 0 Å². The molecule has 2 aliphatic rings. The SMILES string of the molecule is CC(=O)c1c(C)[nH]c(C(=O)N2CCC[C@H]2c2ccc3c(c2)OCCO3)c1C. The summed E-state index contributed by atoms with van der Waals surface area (Å²) in [7, 11) is 0. The number of rotatable bonds is 3. The van der Waals surface area contributed by atoms with Gasteiger partial charge in [-0.3, -0.25) is 9.59 Å². The number of aryl methyl sites for hydroxylation is 1. The molecular formula is C21H24N2O4. The number of nitrogens with zero attached hydrogens (tertiary/aromatic N) is 1. The van der Waals surface area contributed by atoms with Crippen molar-refractivity contribution in [1.82, 2.24) is 9.88 Å². The molecule has 3 heterocycles. The monoisotopic (exact) mass is 368 g/mol. The van der Waals surface area contributed by atoms with E-state index in [1.807, 2.05) is 36.9 Å². The molecule has 0 radical (unpaired) electrons. The standard InChI is InChI=1S/C21H24N2O4/c1-12-19(14(3)24)13(2)22-20(12)21(25)23-8-4-5-16(23)15-6-7-17-18(11-15)27-10-9-26-17/h6-7,11,16,22H,4-5,8-10H2,1-3H3/t16-/m0/s1. The minimum absolute atomic E-state index is 0.00268. The van der Waals surface area contributed by atoms with E-state index in [0.717, 1.165) is 41.2 Å². The van der Waals surface area contributed by atoms with Crippen LogP contribution >= 0.6 is 0 Å². The molecule has 2 aromatic rings. The van der Waals surface area contributed by atoms with Gasteiger partial charge in [-0.05, 0) is 56.9 Å². The Kier molecular flexibility index (Phi) is 4.42. The van der Waals surface area contributed by atoms with Crippen LogP contribution in [0.2, 0.25) is 0 Å². The van der Waals surface area contributed by atoms with Crippen LogP contribution in [0.5, 0.6) is 11.5 Å². The van der Waals surface area contributed by atoms with Gasteiger partial charge in [0.25, 0.3) is 5.91 Å². The second-order valence-electron chi connectivity index (χ2n) is 7.24. The molecule has 142 valence electrons. The highest BCUT2D eigenvalue weighted by Crippen LogP contribution is 2.39. The lowest BCUT2D eigenvalue weighted by atomic mass is 10.0. The summed E-state index contributed by atoms with van der Waals surface area (Å²) in [6.45, 7) is 7.00. The first-order chi connectivity index (χ1) is 13.0. The van der Waals surface area contributed by atoms with Gasteiger partial charge in [-0.2, -0.15) is 0 Å². The van der Waals surface area contributed by atoms with Crippen molar-refractivity contribution in [3.8, 4) is 11.5 Å². The van der Waals surface area contributed by atoms with E-state index in [1.54, 1.807) is 0 Å². The van der Waals surface area contributed by atoms with Crippen molar-refractivity contribution >= 4 is 11.7 Å². The second kappa shape index (κ2) is 6.76. The van der Waals surface area contributed by atoms with Gasteiger partial charge in [-0.25, -0.2) is 0 Å². The summed E-state index contributed by atoms with van der Waals surface area (Å²) in [6.07, 6.45) is 1.85. The van der Waals surface area contributed by atoms with Crippen molar-refractivity contribution in [1.29, 1.82) is 0 Å². The fraction of sp³-hybridized carbons (Fsp3) is 0.429. The molecule has 27 heavy (non-hydrogen) atoms. The molecular weight excluding hydrogens is 344 g/mol. The number of aromatic amines is 1. The zero-order valence-corrected chi connectivity index (χ0v) is 15.9. The number of benzene rings is 1. The lowest BCUT2D eigenvalue weighted by Crippen LogP contribution is -2.31. The zero-order valence-electron chi connectivity index (χ0n) is 15.9. The number of ketones is 1. The molecule has 1 amide bonds. The quantitative estimate of drug-likeness (QED) is 0.841. The highest BCUT2D eigenvalue weighted by Gasteiger charge is 2.33. The van der Waals surface area contributed by atoms with E-state index in [1.165, 1.54) is 6.92 Å². The van der Waals surface area contributed by atoms with Crippen LogP contribution in [-0.4, -0.2) is 41.3 Å². The highest BCUT2D eigenvalue weighted by atomic mass is 16.6. The van der Waals surface area contributed by atoms with Crippen molar-refractivity contribution in [3.63, 3.8) is 0 Å². The molecule has 1 atom stereocenters. The Labute approximate surface area is 158 Å². The average Bonchev–Trinajstić information content (AvgIpc) is 3.25. The zero-order chi connectivity index (χ0) is 19.1. The van der Waals surface area contributed by atoms with Crippen molar-refractivity contribution in [3.05, 3.63) is 46.3 Å². The largest absolute Gasteiger partial charge is 0.486 e. The summed E-state index contributed by atoms with van der Waals surface area (Å²) in [5, 5.41) is 0. The molecule has 0 spiro atoms. The Bertz CT molecular complexity index is 915. The number of likely N-dealkylation sites (tertiary alicyclic amines) is 1. The average molecular weight is 368 g/mol. The van der Waals surface area contributed by atoms with E-state index in [-0.39, 0.29) is 17.7 Å². The number of carbonyl (C=O) groups is 2. The molecule has 4 rings (SSSR count). The lowest BCUT2D eigenvalue weighted by Gasteiger charge is -2.26. The molecule has 0 bridgehead atoms. The minimum Gasteiger partial charge on any atom is -0.486 e. The van der Waals surface area contributed by atoms with Crippen LogP contribution in [0.25, 0.3) is 0 Å². The summed E-state index contributed by atoms with van der Waals surface area (Å²) in [5.74, 6) is 1.41. The van der Waals surface area contributed by atoms with E-state index in [4.69, 9.17) is 9.47 Å². The van der Waals surface area contributed by atoms with E-state index in [9.17, 15) is 9.59 Å². The first-order valence-electron chi connectivity index (χ1n) is 9.38. The lowest BCUT2D eigenvalue weighted by molar-refractivity contribution is 0.0729. The maximum Gasteiger partial charge on any atom is 0.271 e. The van der Waals surface area contributed by atoms with Crippen LogP contribution in [0, 0.1) is 13.8 Å². The van der Waals surface area contributed by atoms with E-state index in [0.29, 0.717) is 31.0 Å². The highest BCUT2D eigenvalue weighted by molar-refractivity contribution is 6.02. The van der Waals surface area contributed by atoms with Gasteiger partial charge in [-0.15, -0.1) is 0 Å². The molecule has 2 aliphatic heterocycles. The topological polar surface area (TPSA) is 71.6 Å². The van der Waals surface area contributed by atoms with Crippen molar-refractivity contribution in [2.75, 3.05) is 19.8 Å². The first kappa shape index (κ1) is 17.6. The fourth-order valence-corrected chi connectivity index (χ4v) is 4.26. The molecule has 1 saturated heterocycles. The van der Waals surface area contributed by atoms with Gasteiger partial charge >= 0.3 is 0 Å². The third-order valence-electron chi connectivity index (χ3n) is 5.47. The van der Waals surface area contributed by atoms with Gasteiger partial charge in [0.15, 0.2) is 17.3 Å². The maximum atomic E-state index is 13.3. The molecule has 1 fully saturated rings. The normalized spacial score (nSPS) is 18.6. The second-order valence-corrected chi connectivity index (χ2v) is 7.24. The number of Topliss-reactive ketones (excluding diaryl/α,β-unsaturated/α-hetero) is 1. The summed E-state index contributed by atoms with van der Waals surface area (Å²) in [4.78, 5) is 30.2. The predicted octanol–water partition coefficient (Wildman–Crippen LogP) is 3.58. The number of aromatic nitrogens is 1. The van der Waals surface area contributed by atoms with Gasteiger partial charge in [-0.1, -0.05) is 6.07 Å².